The average Bonchev–Trinajstić information content (AvgIpc) is 2.98. The van der Waals surface area contributed by atoms with E-state index in [9.17, 15) is 0 Å². The van der Waals surface area contributed by atoms with Crippen LogP contribution in [-0.2, 0) is 19.3 Å². The van der Waals surface area contributed by atoms with Gasteiger partial charge in [-0.2, -0.15) is 0 Å². The van der Waals surface area contributed by atoms with Gasteiger partial charge in [-0.05, 0) is 61.1 Å². The van der Waals surface area contributed by atoms with Crippen molar-refractivity contribution in [2.24, 2.45) is 0 Å². The topological polar surface area (TPSA) is 53.8 Å². The molecule has 0 radical (unpaired) electrons. The first kappa shape index (κ1) is 14.3. The van der Waals surface area contributed by atoms with Crippen LogP contribution in [0.1, 0.15) is 23.1 Å². The van der Waals surface area contributed by atoms with Crippen LogP contribution in [-0.4, -0.2) is 17.6 Å². The number of rotatable bonds is 4. The van der Waals surface area contributed by atoms with Crippen LogP contribution in [0.3, 0.4) is 0 Å². The van der Waals surface area contributed by atoms with Gasteiger partial charge in [-0.15, -0.1) is 0 Å². The molecule has 4 rings (SSSR count). The summed E-state index contributed by atoms with van der Waals surface area (Å²) in [6, 6.07) is 15.4. The van der Waals surface area contributed by atoms with E-state index in [4.69, 9.17) is 5.73 Å². The smallest absolute Gasteiger partial charge is 0.0456 e. The molecule has 1 aromatic heterocycles. The van der Waals surface area contributed by atoms with Crippen LogP contribution in [0.2, 0.25) is 0 Å². The molecule has 1 aliphatic carbocycles. The number of aromatic amines is 1. The Balaban J connectivity index is 1.37. The fourth-order valence-electron chi connectivity index (χ4n) is 3.76. The molecule has 3 nitrogen and oxygen atoms in total. The molecule has 4 N–H and O–H groups in total. The first-order valence-electron chi connectivity index (χ1n) is 8.46. The Morgan fingerprint density at radius 1 is 1.13 bits per heavy atom. The zero-order valence-corrected chi connectivity index (χ0v) is 13.3. The molecule has 0 spiro atoms. The van der Waals surface area contributed by atoms with Crippen molar-refractivity contribution < 1.29 is 0 Å². The number of benzene rings is 2. The Bertz CT molecular complexity index is 819. The van der Waals surface area contributed by atoms with Gasteiger partial charge in [-0.1, -0.05) is 30.3 Å². The standard InChI is InChI=1S/C20H23N3/c21-19-6-3-4-14-12-16(8-9-17(14)19)22-11-10-15-13-23-20-7-2-1-5-18(15)20/h1-7,13,16,22-23H,8-12,21H2. The lowest BCUT2D eigenvalue weighted by Crippen LogP contribution is -2.36. The van der Waals surface area contributed by atoms with Gasteiger partial charge in [0.2, 0.25) is 0 Å². The van der Waals surface area contributed by atoms with Crippen LogP contribution in [0.15, 0.2) is 48.7 Å². The van der Waals surface area contributed by atoms with Crippen LogP contribution in [0.25, 0.3) is 10.9 Å². The molecule has 1 heterocycles. The van der Waals surface area contributed by atoms with Crippen molar-refractivity contribution in [3.05, 3.63) is 65.4 Å². The van der Waals surface area contributed by atoms with Gasteiger partial charge in [0.15, 0.2) is 0 Å². The zero-order chi connectivity index (χ0) is 15.6. The Morgan fingerprint density at radius 2 is 2.04 bits per heavy atom. The van der Waals surface area contributed by atoms with Gasteiger partial charge in [0, 0.05) is 28.8 Å². The number of fused-ring (bicyclic) bond motifs is 2. The van der Waals surface area contributed by atoms with Crippen molar-refractivity contribution in [2.45, 2.75) is 31.7 Å². The van der Waals surface area contributed by atoms with Crippen molar-refractivity contribution >= 4 is 16.6 Å². The molecule has 0 fully saturated rings. The molecule has 0 saturated heterocycles. The third-order valence-electron chi connectivity index (χ3n) is 5.02. The highest BCUT2D eigenvalue weighted by Gasteiger charge is 2.19. The molecule has 0 aliphatic heterocycles. The minimum atomic E-state index is 0.564. The van der Waals surface area contributed by atoms with Crippen molar-refractivity contribution in [3.8, 4) is 0 Å². The molecule has 0 amide bonds. The Kier molecular flexibility index (Phi) is 3.80. The summed E-state index contributed by atoms with van der Waals surface area (Å²) in [5, 5.41) is 5.07. The summed E-state index contributed by atoms with van der Waals surface area (Å²) in [5.74, 6) is 0. The number of nitrogens with one attached hydrogen (secondary N) is 2. The molecule has 0 saturated carbocycles. The Labute approximate surface area is 136 Å². The molecule has 23 heavy (non-hydrogen) atoms. The van der Waals surface area contributed by atoms with Crippen LogP contribution >= 0.6 is 0 Å². The monoisotopic (exact) mass is 305 g/mol. The number of nitrogen functional groups attached to an aromatic ring is 1. The van der Waals surface area contributed by atoms with Crippen molar-refractivity contribution in [1.82, 2.24) is 10.3 Å². The van der Waals surface area contributed by atoms with Gasteiger partial charge in [0.05, 0.1) is 0 Å². The highest BCUT2D eigenvalue weighted by atomic mass is 14.9. The third-order valence-corrected chi connectivity index (χ3v) is 5.02. The fraction of sp³-hybridized carbons (Fsp3) is 0.300. The minimum Gasteiger partial charge on any atom is -0.398 e. The second-order valence-electron chi connectivity index (χ2n) is 6.49. The summed E-state index contributed by atoms with van der Waals surface area (Å²) in [4.78, 5) is 3.35. The molecule has 1 unspecified atom stereocenters. The summed E-state index contributed by atoms with van der Waals surface area (Å²) in [7, 11) is 0. The highest BCUT2D eigenvalue weighted by molar-refractivity contribution is 5.83. The quantitative estimate of drug-likeness (QED) is 0.647. The Morgan fingerprint density at radius 3 is 3.00 bits per heavy atom. The number of hydrogen-bond acceptors (Lipinski definition) is 2. The number of aromatic nitrogens is 1. The molecular weight excluding hydrogens is 282 g/mol. The maximum atomic E-state index is 6.08. The van der Waals surface area contributed by atoms with Crippen LogP contribution in [0, 0.1) is 0 Å². The van der Waals surface area contributed by atoms with Crippen molar-refractivity contribution in [3.63, 3.8) is 0 Å². The van der Waals surface area contributed by atoms with Crippen LogP contribution in [0.5, 0.6) is 0 Å². The van der Waals surface area contributed by atoms with Crippen LogP contribution < -0.4 is 11.1 Å². The number of anilines is 1. The SMILES string of the molecule is Nc1cccc2c1CCC(NCCc1c[nH]c3ccccc13)C2. The van der Waals surface area contributed by atoms with E-state index in [2.05, 4.69) is 52.9 Å². The first-order chi connectivity index (χ1) is 11.3. The highest BCUT2D eigenvalue weighted by Crippen LogP contribution is 2.26. The average molecular weight is 305 g/mol. The second-order valence-corrected chi connectivity index (χ2v) is 6.49. The van der Waals surface area contributed by atoms with E-state index >= 15 is 0 Å². The number of hydrogen-bond donors (Lipinski definition) is 3. The van der Waals surface area contributed by atoms with Gasteiger partial charge in [-0.3, -0.25) is 0 Å². The molecule has 1 atom stereocenters. The lowest BCUT2D eigenvalue weighted by molar-refractivity contribution is 0.462. The normalized spacial score (nSPS) is 17.3. The molecule has 2 aromatic carbocycles. The Hall–Kier alpha value is -2.26. The van der Waals surface area contributed by atoms with Gasteiger partial charge < -0.3 is 16.0 Å². The van der Waals surface area contributed by atoms with E-state index in [1.54, 1.807) is 0 Å². The number of para-hydroxylation sites is 1. The van der Waals surface area contributed by atoms with Gasteiger partial charge in [0.1, 0.15) is 0 Å². The molecule has 3 aromatic rings. The molecule has 118 valence electrons. The van der Waals surface area contributed by atoms with Crippen LogP contribution in [0.4, 0.5) is 5.69 Å². The molecule has 0 bridgehead atoms. The van der Waals surface area contributed by atoms with Crippen molar-refractivity contribution in [1.29, 1.82) is 0 Å². The summed E-state index contributed by atoms with van der Waals surface area (Å²) in [5.41, 5.74) is 12.4. The number of H-pyrrole nitrogens is 1. The lowest BCUT2D eigenvalue weighted by Gasteiger charge is -2.26. The summed E-state index contributed by atoms with van der Waals surface area (Å²) in [6.07, 6.45) is 6.56. The van der Waals surface area contributed by atoms with Gasteiger partial charge in [-0.25, -0.2) is 0 Å². The van der Waals surface area contributed by atoms with E-state index in [1.807, 2.05) is 6.07 Å². The second kappa shape index (κ2) is 6.09. The van der Waals surface area contributed by atoms with E-state index in [0.717, 1.165) is 31.5 Å². The fourth-order valence-corrected chi connectivity index (χ4v) is 3.76. The summed E-state index contributed by atoms with van der Waals surface area (Å²) >= 11 is 0. The minimum absolute atomic E-state index is 0.564. The summed E-state index contributed by atoms with van der Waals surface area (Å²) in [6.45, 7) is 1.02. The van der Waals surface area contributed by atoms with E-state index in [1.165, 1.54) is 34.0 Å². The molecule has 3 heteroatoms. The van der Waals surface area contributed by atoms with Gasteiger partial charge >= 0.3 is 0 Å². The predicted molar refractivity (Wildman–Crippen MR) is 96.7 cm³/mol. The number of nitrogens with two attached hydrogens (primary N) is 1. The first-order valence-corrected chi connectivity index (χ1v) is 8.46. The largest absolute Gasteiger partial charge is 0.398 e. The van der Waals surface area contributed by atoms with Crippen molar-refractivity contribution in [2.75, 3.05) is 12.3 Å². The van der Waals surface area contributed by atoms with E-state index < -0.39 is 0 Å². The lowest BCUT2D eigenvalue weighted by atomic mass is 9.87. The van der Waals surface area contributed by atoms with E-state index in [-0.39, 0.29) is 0 Å². The molecular formula is C20H23N3. The van der Waals surface area contributed by atoms with E-state index in [0.29, 0.717) is 6.04 Å². The maximum Gasteiger partial charge on any atom is 0.0456 e. The third kappa shape index (κ3) is 2.84. The summed E-state index contributed by atoms with van der Waals surface area (Å²) < 4.78 is 0. The zero-order valence-electron chi connectivity index (χ0n) is 13.3. The predicted octanol–water partition coefficient (Wildman–Crippen LogP) is 3.44. The molecule has 1 aliphatic rings. The maximum absolute atomic E-state index is 6.08. The van der Waals surface area contributed by atoms with Gasteiger partial charge in [0.25, 0.3) is 0 Å².